The van der Waals surface area contributed by atoms with Gasteiger partial charge in [0, 0.05) is 25.0 Å². The minimum absolute atomic E-state index is 0.123. The molecule has 0 unspecified atom stereocenters. The highest BCUT2D eigenvalue weighted by atomic mass is 16.3. The summed E-state index contributed by atoms with van der Waals surface area (Å²) >= 11 is 0. The van der Waals surface area contributed by atoms with E-state index >= 15 is 0 Å². The molecule has 0 aliphatic carbocycles. The fraction of sp³-hybridized carbons (Fsp3) is 0.409. The minimum atomic E-state index is -0.415. The fourth-order valence-electron chi connectivity index (χ4n) is 4.52. The fourth-order valence-corrected chi connectivity index (χ4v) is 4.52. The number of rotatable bonds is 3. The van der Waals surface area contributed by atoms with Crippen LogP contribution in [-0.2, 0) is 10.2 Å². The first-order chi connectivity index (χ1) is 12.7. The van der Waals surface area contributed by atoms with E-state index in [1.54, 1.807) is 0 Å². The van der Waals surface area contributed by atoms with Crippen LogP contribution >= 0.6 is 0 Å². The topological polar surface area (TPSA) is 52.6 Å². The van der Waals surface area contributed by atoms with E-state index in [9.17, 15) is 9.90 Å². The Balaban J connectivity index is 1.67. The maximum absolute atomic E-state index is 13.0. The van der Waals surface area contributed by atoms with Crippen LogP contribution in [0.15, 0.2) is 60.7 Å². The smallest absolute Gasteiger partial charge is 0.239 e. The average Bonchev–Trinajstić information content (AvgIpc) is 3.15. The van der Waals surface area contributed by atoms with Crippen molar-refractivity contribution in [3.8, 4) is 0 Å². The Kier molecular flexibility index (Phi) is 4.79. The standard InChI is InChI=1S/C22H26N2O2/c25-19-14-20(23-15-19)21(26)24-13-7-12-22(16-24,17-8-3-1-4-9-17)18-10-5-2-6-11-18/h1-6,8-11,19-20,23,25H,7,12-16H2/t19-,20+/m0/s1. The van der Waals surface area contributed by atoms with E-state index in [2.05, 4.69) is 53.8 Å². The predicted octanol–water partition coefficient (Wildman–Crippen LogP) is 2.32. The molecule has 0 bridgehead atoms. The average molecular weight is 350 g/mol. The molecule has 0 radical (unpaired) electrons. The number of likely N-dealkylation sites (tertiary alicyclic amines) is 1. The molecule has 136 valence electrons. The van der Waals surface area contributed by atoms with Gasteiger partial charge in [-0.1, -0.05) is 60.7 Å². The van der Waals surface area contributed by atoms with Gasteiger partial charge in [-0.25, -0.2) is 0 Å². The van der Waals surface area contributed by atoms with Crippen LogP contribution < -0.4 is 5.32 Å². The van der Waals surface area contributed by atoms with Gasteiger partial charge in [0.25, 0.3) is 0 Å². The van der Waals surface area contributed by atoms with Gasteiger partial charge in [0.05, 0.1) is 12.1 Å². The summed E-state index contributed by atoms with van der Waals surface area (Å²) in [5.74, 6) is 0.123. The first kappa shape index (κ1) is 17.3. The summed E-state index contributed by atoms with van der Waals surface area (Å²) < 4.78 is 0. The van der Waals surface area contributed by atoms with Crippen LogP contribution in [-0.4, -0.2) is 47.7 Å². The first-order valence-electron chi connectivity index (χ1n) is 9.50. The molecule has 4 nitrogen and oxygen atoms in total. The third kappa shape index (κ3) is 3.15. The maximum Gasteiger partial charge on any atom is 0.239 e. The van der Waals surface area contributed by atoms with Crippen LogP contribution in [0.25, 0.3) is 0 Å². The van der Waals surface area contributed by atoms with E-state index in [4.69, 9.17) is 0 Å². The minimum Gasteiger partial charge on any atom is -0.392 e. The van der Waals surface area contributed by atoms with Gasteiger partial charge in [0.1, 0.15) is 0 Å². The summed E-state index contributed by atoms with van der Waals surface area (Å²) in [7, 11) is 0. The molecule has 0 saturated carbocycles. The lowest BCUT2D eigenvalue weighted by Crippen LogP contribution is -2.53. The summed E-state index contributed by atoms with van der Waals surface area (Å²) in [6.07, 6.45) is 2.11. The summed E-state index contributed by atoms with van der Waals surface area (Å²) in [6, 6.07) is 20.9. The zero-order valence-corrected chi connectivity index (χ0v) is 15.0. The SMILES string of the molecule is O=C([C@H]1C[C@H](O)CN1)N1CCCC(c2ccccc2)(c2ccccc2)C1. The van der Waals surface area contributed by atoms with Crippen molar-refractivity contribution in [2.75, 3.05) is 19.6 Å². The van der Waals surface area contributed by atoms with Crippen molar-refractivity contribution in [1.82, 2.24) is 10.2 Å². The lowest BCUT2D eigenvalue weighted by atomic mass is 9.69. The number of hydrogen-bond acceptors (Lipinski definition) is 3. The zero-order chi connectivity index (χ0) is 18.0. The highest BCUT2D eigenvalue weighted by molar-refractivity contribution is 5.82. The van der Waals surface area contributed by atoms with E-state index in [1.807, 2.05) is 17.0 Å². The molecule has 2 aliphatic heterocycles. The summed E-state index contributed by atoms with van der Waals surface area (Å²) in [5.41, 5.74) is 2.36. The molecule has 2 fully saturated rings. The molecule has 2 heterocycles. The number of aliphatic hydroxyl groups excluding tert-OH is 1. The van der Waals surface area contributed by atoms with E-state index in [1.165, 1.54) is 11.1 Å². The van der Waals surface area contributed by atoms with Gasteiger partial charge in [0.15, 0.2) is 0 Å². The monoisotopic (exact) mass is 350 g/mol. The highest BCUT2D eigenvalue weighted by Crippen LogP contribution is 2.40. The normalized spacial score (nSPS) is 25.2. The summed E-state index contributed by atoms with van der Waals surface area (Å²) in [4.78, 5) is 15.0. The number of piperidine rings is 1. The quantitative estimate of drug-likeness (QED) is 0.893. The molecule has 2 aliphatic rings. The van der Waals surface area contributed by atoms with E-state index in [0.29, 0.717) is 19.5 Å². The predicted molar refractivity (Wildman–Crippen MR) is 102 cm³/mol. The van der Waals surface area contributed by atoms with Crippen molar-refractivity contribution >= 4 is 5.91 Å². The molecule has 2 saturated heterocycles. The van der Waals surface area contributed by atoms with Crippen LogP contribution in [0.4, 0.5) is 0 Å². The van der Waals surface area contributed by atoms with Gasteiger partial charge < -0.3 is 15.3 Å². The molecule has 26 heavy (non-hydrogen) atoms. The molecule has 2 aromatic rings. The van der Waals surface area contributed by atoms with Crippen molar-refractivity contribution < 1.29 is 9.90 Å². The Labute approximate surface area is 154 Å². The molecule has 2 atom stereocenters. The lowest BCUT2D eigenvalue weighted by molar-refractivity contribution is -0.135. The van der Waals surface area contributed by atoms with Crippen molar-refractivity contribution in [2.45, 2.75) is 36.8 Å². The largest absolute Gasteiger partial charge is 0.392 e. The number of nitrogens with one attached hydrogen (secondary N) is 1. The number of amides is 1. The second kappa shape index (κ2) is 7.22. The third-order valence-corrected chi connectivity index (χ3v) is 5.86. The molecular weight excluding hydrogens is 324 g/mol. The molecule has 1 amide bonds. The zero-order valence-electron chi connectivity index (χ0n) is 15.0. The number of hydrogen-bond donors (Lipinski definition) is 2. The highest BCUT2D eigenvalue weighted by Gasteiger charge is 2.42. The van der Waals surface area contributed by atoms with Crippen molar-refractivity contribution in [1.29, 1.82) is 0 Å². The van der Waals surface area contributed by atoms with Crippen LogP contribution in [0.2, 0.25) is 0 Å². The van der Waals surface area contributed by atoms with Crippen LogP contribution in [0.1, 0.15) is 30.4 Å². The van der Waals surface area contributed by atoms with Gasteiger partial charge in [-0.15, -0.1) is 0 Å². The van der Waals surface area contributed by atoms with Crippen LogP contribution in [0, 0.1) is 0 Å². The van der Waals surface area contributed by atoms with E-state index in [0.717, 1.165) is 19.4 Å². The molecule has 4 rings (SSSR count). The van der Waals surface area contributed by atoms with Gasteiger partial charge in [-0.05, 0) is 30.4 Å². The van der Waals surface area contributed by atoms with Gasteiger partial charge in [0.2, 0.25) is 5.91 Å². The van der Waals surface area contributed by atoms with Crippen LogP contribution in [0.5, 0.6) is 0 Å². The number of benzene rings is 2. The second-order valence-electron chi connectivity index (χ2n) is 7.53. The summed E-state index contributed by atoms with van der Waals surface area (Å²) in [6.45, 7) is 1.98. The Morgan fingerprint density at radius 3 is 2.19 bits per heavy atom. The van der Waals surface area contributed by atoms with Crippen LogP contribution in [0.3, 0.4) is 0 Å². The Hall–Kier alpha value is -2.17. The Morgan fingerprint density at radius 1 is 1.04 bits per heavy atom. The van der Waals surface area contributed by atoms with Gasteiger partial charge in [-0.2, -0.15) is 0 Å². The van der Waals surface area contributed by atoms with Crippen molar-refractivity contribution in [3.63, 3.8) is 0 Å². The molecule has 4 heteroatoms. The molecule has 0 aromatic heterocycles. The third-order valence-electron chi connectivity index (χ3n) is 5.86. The number of nitrogens with zero attached hydrogens (tertiary/aromatic N) is 1. The van der Waals surface area contributed by atoms with Crippen molar-refractivity contribution in [2.24, 2.45) is 0 Å². The Bertz CT molecular complexity index is 708. The van der Waals surface area contributed by atoms with Gasteiger partial charge >= 0.3 is 0 Å². The van der Waals surface area contributed by atoms with Gasteiger partial charge in [-0.3, -0.25) is 4.79 Å². The first-order valence-corrected chi connectivity index (χ1v) is 9.50. The van der Waals surface area contributed by atoms with E-state index < -0.39 is 6.10 Å². The van der Waals surface area contributed by atoms with Crippen molar-refractivity contribution in [3.05, 3.63) is 71.8 Å². The molecule has 0 spiro atoms. The second-order valence-corrected chi connectivity index (χ2v) is 7.53. The number of carbonyl (C=O) groups excluding carboxylic acids is 1. The lowest BCUT2D eigenvalue weighted by Gasteiger charge is -2.44. The van der Waals surface area contributed by atoms with E-state index in [-0.39, 0.29) is 17.4 Å². The molecule has 2 aromatic carbocycles. The molecular formula is C22H26N2O2. The number of carbonyl (C=O) groups is 1. The number of β-amino-alcohol motifs (C(OH)–C–C–N with tert-alkyl or cyclic N) is 1. The number of aliphatic hydroxyl groups is 1. The Morgan fingerprint density at radius 2 is 1.65 bits per heavy atom. The summed E-state index contributed by atoms with van der Waals surface area (Å²) in [5, 5.41) is 12.9. The maximum atomic E-state index is 13.0. The molecule has 2 N–H and O–H groups in total.